The van der Waals surface area contributed by atoms with Crippen LogP contribution in [0.5, 0.6) is 0 Å². The van der Waals surface area contributed by atoms with Gasteiger partial charge in [0.05, 0.1) is 5.56 Å². The van der Waals surface area contributed by atoms with E-state index >= 15 is 0 Å². The molecule has 2 atom stereocenters. The van der Waals surface area contributed by atoms with Crippen molar-refractivity contribution < 1.29 is 13.2 Å². The van der Waals surface area contributed by atoms with Crippen molar-refractivity contribution >= 4 is 0 Å². The highest BCUT2D eigenvalue weighted by molar-refractivity contribution is 5.46. The molecule has 154 valence electrons. The third kappa shape index (κ3) is 4.44. The number of halogens is 3. The number of hydrogen-bond donors (Lipinski definition) is 0. The van der Waals surface area contributed by atoms with Gasteiger partial charge in [-0.3, -0.25) is 0 Å². The molecule has 0 radical (unpaired) electrons. The number of hydrogen-bond acceptors (Lipinski definition) is 0. The molecule has 0 bridgehead atoms. The zero-order valence-corrected chi connectivity index (χ0v) is 17.1. The fourth-order valence-electron chi connectivity index (χ4n) is 5.04. The van der Waals surface area contributed by atoms with E-state index in [4.69, 9.17) is 0 Å². The second kappa shape index (κ2) is 8.38. The van der Waals surface area contributed by atoms with Gasteiger partial charge in [-0.2, -0.15) is 13.2 Å². The summed E-state index contributed by atoms with van der Waals surface area (Å²) in [5.74, 6) is 0.978. The first-order valence-corrected chi connectivity index (χ1v) is 10.9. The predicted octanol–water partition coefficient (Wildman–Crippen LogP) is 7.44. The predicted molar refractivity (Wildman–Crippen MR) is 112 cm³/mol. The second-order valence-corrected chi connectivity index (χ2v) is 8.62. The Bertz CT molecular complexity index is 874. The number of fused-ring (bicyclic) bond motifs is 3. The van der Waals surface area contributed by atoms with E-state index in [1.165, 1.54) is 48.1 Å². The smallest absolute Gasteiger partial charge is 0.166 e. The van der Waals surface area contributed by atoms with Gasteiger partial charge in [-0.25, -0.2) is 0 Å². The molecule has 0 nitrogen and oxygen atoms in total. The molecule has 3 heteroatoms. The Labute approximate surface area is 171 Å². The lowest BCUT2D eigenvalue weighted by Gasteiger charge is -2.31. The van der Waals surface area contributed by atoms with E-state index in [9.17, 15) is 13.2 Å². The molecule has 29 heavy (non-hydrogen) atoms. The largest absolute Gasteiger partial charge is 0.416 e. The maximum absolute atomic E-state index is 12.8. The fraction of sp³-hybridized carbons (Fsp3) is 0.462. The third-order valence-electron chi connectivity index (χ3n) is 6.65. The molecule has 4 rings (SSSR count). The molecule has 0 heterocycles. The van der Waals surface area contributed by atoms with Crippen molar-refractivity contribution in [3.63, 3.8) is 0 Å². The Morgan fingerprint density at radius 2 is 1.55 bits per heavy atom. The molecule has 0 spiro atoms. The summed E-state index contributed by atoms with van der Waals surface area (Å²) in [6, 6.07) is 10.4. The molecular formula is C26H29F3. The van der Waals surface area contributed by atoms with E-state index in [0.717, 1.165) is 37.7 Å². The Morgan fingerprint density at radius 1 is 0.897 bits per heavy atom. The molecule has 0 unspecified atom stereocenters. The summed E-state index contributed by atoms with van der Waals surface area (Å²) in [6.45, 7) is 2.21. The zero-order valence-electron chi connectivity index (χ0n) is 17.1. The highest BCUT2D eigenvalue weighted by Crippen LogP contribution is 2.39. The van der Waals surface area contributed by atoms with Crippen molar-refractivity contribution in [3.05, 3.63) is 81.9 Å². The molecule has 0 aliphatic heterocycles. The number of allylic oxidation sites excluding steroid dienone is 2. The monoisotopic (exact) mass is 398 g/mol. The Hall–Kier alpha value is -2.03. The summed E-state index contributed by atoms with van der Waals surface area (Å²) in [5, 5.41) is 0. The van der Waals surface area contributed by atoms with Gasteiger partial charge in [-0.15, -0.1) is 0 Å². The summed E-state index contributed by atoms with van der Waals surface area (Å²) in [4.78, 5) is 0. The fourth-order valence-corrected chi connectivity index (χ4v) is 5.04. The minimum atomic E-state index is -4.26. The topological polar surface area (TPSA) is 0 Å². The highest BCUT2D eigenvalue weighted by atomic mass is 19.4. The quantitative estimate of drug-likeness (QED) is 0.470. The van der Waals surface area contributed by atoms with Crippen LogP contribution in [0, 0.1) is 5.92 Å². The van der Waals surface area contributed by atoms with Crippen molar-refractivity contribution in [2.24, 2.45) is 5.92 Å². The van der Waals surface area contributed by atoms with Crippen LogP contribution >= 0.6 is 0 Å². The van der Waals surface area contributed by atoms with Crippen molar-refractivity contribution in [2.75, 3.05) is 0 Å². The second-order valence-electron chi connectivity index (χ2n) is 8.62. The van der Waals surface area contributed by atoms with Crippen molar-refractivity contribution in [1.82, 2.24) is 0 Å². The number of unbranched alkanes of at least 4 members (excludes halogenated alkanes) is 1. The van der Waals surface area contributed by atoms with Crippen molar-refractivity contribution in [3.8, 4) is 0 Å². The minimum absolute atomic E-state index is 0.316. The normalized spacial score (nSPS) is 21.8. The van der Waals surface area contributed by atoms with Gasteiger partial charge >= 0.3 is 6.18 Å². The number of rotatable bonds is 4. The van der Waals surface area contributed by atoms with Gasteiger partial charge in [0, 0.05) is 0 Å². The van der Waals surface area contributed by atoms with Crippen LogP contribution in [0.3, 0.4) is 0 Å². The van der Waals surface area contributed by atoms with Crippen molar-refractivity contribution in [2.45, 2.75) is 70.4 Å². The molecule has 0 N–H and O–H groups in total. The van der Waals surface area contributed by atoms with Crippen LogP contribution in [-0.4, -0.2) is 0 Å². The van der Waals surface area contributed by atoms with Crippen LogP contribution < -0.4 is 0 Å². The molecule has 2 aromatic carbocycles. The van der Waals surface area contributed by atoms with E-state index in [2.05, 4.69) is 31.2 Å². The number of alkyl halides is 3. The first kappa shape index (κ1) is 20.3. The van der Waals surface area contributed by atoms with E-state index in [-0.39, 0.29) is 0 Å². The van der Waals surface area contributed by atoms with E-state index < -0.39 is 11.7 Å². The average Bonchev–Trinajstić information content (AvgIpc) is 2.73. The lowest BCUT2D eigenvalue weighted by atomic mass is 9.73. The van der Waals surface area contributed by atoms with Gasteiger partial charge in [0.1, 0.15) is 0 Å². The molecule has 0 saturated carbocycles. The van der Waals surface area contributed by atoms with Gasteiger partial charge in [-0.1, -0.05) is 49.8 Å². The van der Waals surface area contributed by atoms with Crippen LogP contribution in [0.2, 0.25) is 0 Å². The van der Waals surface area contributed by atoms with E-state index in [1.807, 2.05) is 0 Å². The van der Waals surface area contributed by atoms with Crippen molar-refractivity contribution in [1.29, 1.82) is 0 Å². The molecule has 2 aliphatic rings. The summed E-state index contributed by atoms with van der Waals surface area (Å²) in [5.41, 5.74) is 6.47. The first-order valence-electron chi connectivity index (χ1n) is 10.9. The first-order chi connectivity index (χ1) is 14.0. The standard InChI is InChI=1S/C26H29F3/c1-2-3-4-5-18-6-14-24-21(16-18)7-8-22-17-20(11-15-25(22)24)19-9-12-23(13-10-19)26(27,28)29/h4-5,7-10,12-13,18,20H,2-3,6,11,14-17H2,1H3/t18-,20-/m0/s1. The lowest BCUT2D eigenvalue weighted by molar-refractivity contribution is -0.137. The van der Waals surface area contributed by atoms with E-state index in [0.29, 0.717) is 11.8 Å². The van der Waals surface area contributed by atoms with E-state index in [1.54, 1.807) is 17.7 Å². The van der Waals surface area contributed by atoms with Gasteiger partial charge in [0.2, 0.25) is 0 Å². The summed E-state index contributed by atoms with van der Waals surface area (Å²) >= 11 is 0. The number of benzene rings is 2. The molecular weight excluding hydrogens is 369 g/mol. The van der Waals surface area contributed by atoms with Gasteiger partial charge < -0.3 is 0 Å². The maximum atomic E-state index is 12.8. The molecule has 2 aromatic rings. The molecule has 2 aliphatic carbocycles. The summed E-state index contributed by atoms with van der Waals surface area (Å²) in [7, 11) is 0. The highest BCUT2D eigenvalue weighted by Gasteiger charge is 2.31. The zero-order chi connectivity index (χ0) is 20.4. The molecule has 0 aromatic heterocycles. The third-order valence-corrected chi connectivity index (χ3v) is 6.65. The Morgan fingerprint density at radius 3 is 2.21 bits per heavy atom. The van der Waals surface area contributed by atoms with Crippen LogP contribution in [-0.2, 0) is 31.9 Å². The summed E-state index contributed by atoms with van der Waals surface area (Å²) in [6.07, 6.45) is 9.38. The minimum Gasteiger partial charge on any atom is -0.166 e. The SMILES string of the molecule is CCCC=C[C@H]1CCc2c(ccc3c2CC[C@H](c2ccc(C(F)(F)F)cc2)C3)C1. The molecule has 0 saturated heterocycles. The molecule has 0 fully saturated rings. The van der Waals surface area contributed by atoms with Crippen LogP contribution in [0.4, 0.5) is 13.2 Å². The van der Waals surface area contributed by atoms with Crippen LogP contribution in [0.1, 0.15) is 71.9 Å². The van der Waals surface area contributed by atoms with Gasteiger partial charge in [-0.05, 0) is 96.7 Å². The Kier molecular flexibility index (Phi) is 5.85. The summed E-state index contributed by atoms with van der Waals surface area (Å²) < 4.78 is 38.5. The van der Waals surface area contributed by atoms with Gasteiger partial charge in [0.15, 0.2) is 0 Å². The maximum Gasteiger partial charge on any atom is 0.416 e. The van der Waals surface area contributed by atoms with Crippen LogP contribution in [0.25, 0.3) is 0 Å². The average molecular weight is 399 g/mol. The van der Waals surface area contributed by atoms with Crippen LogP contribution in [0.15, 0.2) is 48.6 Å². The Balaban J connectivity index is 1.49. The van der Waals surface area contributed by atoms with Gasteiger partial charge in [0.25, 0.3) is 0 Å². The lowest BCUT2D eigenvalue weighted by Crippen LogP contribution is -2.20. The molecule has 0 amide bonds.